The van der Waals surface area contributed by atoms with Crippen LogP contribution < -0.4 is 4.74 Å². The number of hydrogen-bond donors (Lipinski definition) is 1. The van der Waals surface area contributed by atoms with Crippen LogP contribution in [0.3, 0.4) is 0 Å². The van der Waals surface area contributed by atoms with Gasteiger partial charge >= 0.3 is 5.97 Å². The smallest absolute Gasteiger partial charge is 0.335 e. The molecule has 0 spiro atoms. The molecule has 0 saturated heterocycles. The predicted molar refractivity (Wildman–Crippen MR) is 91.5 cm³/mol. The number of carboxylic acids is 1. The Labute approximate surface area is 149 Å². The summed E-state index contributed by atoms with van der Waals surface area (Å²) in [5.41, 5.74) is 0.743. The van der Waals surface area contributed by atoms with Gasteiger partial charge in [-0.3, -0.25) is 0 Å². The lowest BCUT2D eigenvalue weighted by atomic mass is 10.2. The zero-order valence-electron chi connectivity index (χ0n) is 13.9. The van der Waals surface area contributed by atoms with Gasteiger partial charge in [0.2, 0.25) is 14.9 Å². The number of aromatic nitrogens is 3. The molecule has 134 valence electrons. The van der Waals surface area contributed by atoms with Crippen molar-refractivity contribution in [3.63, 3.8) is 0 Å². The Bertz CT molecular complexity index is 1090. The fraction of sp³-hybridized carbons (Fsp3) is 0.118. The Balaban J connectivity index is 2.09. The van der Waals surface area contributed by atoms with E-state index in [1.165, 1.54) is 36.1 Å². The largest absolute Gasteiger partial charge is 0.497 e. The van der Waals surface area contributed by atoms with Gasteiger partial charge in [0, 0.05) is 0 Å². The summed E-state index contributed by atoms with van der Waals surface area (Å²) in [6.45, 7) is 1.56. The zero-order chi connectivity index (χ0) is 18.9. The molecule has 0 saturated carbocycles. The van der Waals surface area contributed by atoms with Crippen LogP contribution in [0.4, 0.5) is 0 Å². The highest BCUT2D eigenvalue weighted by molar-refractivity contribution is 7.91. The molecular weight excluding hydrogens is 358 g/mol. The van der Waals surface area contributed by atoms with E-state index in [0.29, 0.717) is 11.4 Å². The predicted octanol–water partition coefficient (Wildman–Crippen LogP) is 2.12. The van der Waals surface area contributed by atoms with Crippen molar-refractivity contribution < 1.29 is 23.1 Å². The highest BCUT2D eigenvalue weighted by atomic mass is 32.2. The standard InChI is InChI=1S/C17H15N3O5S/c1-11-16(26(23,24)15-8-4-7-14(10-15)25-2)18-19-20(11)13-6-3-5-12(9-13)17(21)22/h3-10H,1-2H3,(H,21,22). The molecule has 0 fully saturated rings. The average Bonchev–Trinajstić information content (AvgIpc) is 3.04. The normalized spacial score (nSPS) is 11.3. The summed E-state index contributed by atoms with van der Waals surface area (Å²) in [5, 5.41) is 16.6. The quantitative estimate of drug-likeness (QED) is 0.729. The monoisotopic (exact) mass is 373 g/mol. The van der Waals surface area contributed by atoms with Gasteiger partial charge in [0.25, 0.3) is 0 Å². The lowest BCUT2D eigenvalue weighted by Gasteiger charge is -2.06. The first-order chi connectivity index (χ1) is 12.3. The molecule has 26 heavy (non-hydrogen) atoms. The topological polar surface area (TPSA) is 111 Å². The SMILES string of the molecule is COc1cccc(S(=O)(=O)c2nnn(-c3cccc(C(=O)O)c3)c2C)c1. The van der Waals surface area contributed by atoms with E-state index in [1.54, 1.807) is 31.2 Å². The van der Waals surface area contributed by atoms with Crippen molar-refractivity contribution in [1.29, 1.82) is 0 Å². The highest BCUT2D eigenvalue weighted by Crippen LogP contribution is 2.26. The van der Waals surface area contributed by atoms with E-state index in [1.807, 2.05) is 0 Å². The highest BCUT2D eigenvalue weighted by Gasteiger charge is 2.26. The molecule has 0 atom stereocenters. The van der Waals surface area contributed by atoms with Crippen LogP contribution in [0.2, 0.25) is 0 Å². The van der Waals surface area contributed by atoms with Gasteiger partial charge in [0.1, 0.15) is 5.75 Å². The van der Waals surface area contributed by atoms with Gasteiger partial charge in [-0.1, -0.05) is 17.3 Å². The minimum Gasteiger partial charge on any atom is -0.497 e. The summed E-state index contributed by atoms with van der Waals surface area (Å²) in [6, 6.07) is 12.1. The van der Waals surface area contributed by atoms with E-state index in [4.69, 9.17) is 9.84 Å². The second-order valence-corrected chi connectivity index (χ2v) is 7.29. The molecule has 1 aromatic heterocycles. The van der Waals surface area contributed by atoms with Crippen molar-refractivity contribution in [2.75, 3.05) is 7.11 Å². The van der Waals surface area contributed by atoms with Crippen molar-refractivity contribution in [3.8, 4) is 11.4 Å². The van der Waals surface area contributed by atoms with Crippen LogP contribution in [-0.4, -0.2) is 41.6 Å². The average molecular weight is 373 g/mol. The second kappa shape index (κ2) is 6.60. The number of carboxylic acid groups (broad SMARTS) is 1. The van der Waals surface area contributed by atoms with Crippen molar-refractivity contribution in [1.82, 2.24) is 15.0 Å². The number of benzene rings is 2. The lowest BCUT2D eigenvalue weighted by molar-refractivity contribution is 0.0697. The molecular formula is C17H15N3O5S. The second-order valence-electron chi connectivity index (χ2n) is 5.43. The summed E-state index contributed by atoms with van der Waals surface area (Å²) in [4.78, 5) is 11.2. The Hall–Kier alpha value is -3.20. The maximum absolute atomic E-state index is 12.9. The minimum absolute atomic E-state index is 0.0336. The molecule has 0 aliphatic rings. The summed E-state index contributed by atoms with van der Waals surface area (Å²) >= 11 is 0. The minimum atomic E-state index is -3.91. The molecule has 0 bridgehead atoms. The molecule has 0 aliphatic carbocycles. The Kier molecular flexibility index (Phi) is 4.47. The van der Waals surface area contributed by atoms with E-state index in [0.717, 1.165) is 0 Å². The third-order valence-electron chi connectivity index (χ3n) is 3.80. The summed E-state index contributed by atoms with van der Waals surface area (Å²) < 4.78 is 32.1. The molecule has 0 amide bonds. The number of hydrogen-bond acceptors (Lipinski definition) is 6. The summed E-state index contributed by atoms with van der Waals surface area (Å²) in [6.07, 6.45) is 0. The molecule has 3 aromatic rings. The first kappa shape index (κ1) is 17.6. The number of methoxy groups -OCH3 is 1. The van der Waals surface area contributed by atoms with Crippen LogP contribution in [0.25, 0.3) is 5.69 Å². The summed E-state index contributed by atoms with van der Waals surface area (Å²) in [7, 11) is -2.46. The van der Waals surface area contributed by atoms with Gasteiger partial charge in [-0.25, -0.2) is 17.9 Å². The number of aromatic carboxylic acids is 1. The number of nitrogens with zero attached hydrogens (tertiary/aromatic N) is 3. The van der Waals surface area contributed by atoms with Gasteiger partial charge < -0.3 is 9.84 Å². The third kappa shape index (κ3) is 3.04. The van der Waals surface area contributed by atoms with Crippen molar-refractivity contribution in [2.24, 2.45) is 0 Å². The Morgan fingerprint density at radius 1 is 1.15 bits per heavy atom. The van der Waals surface area contributed by atoms with Crippen LogP contribution in [0.5, 0.6) is 5.75 Å². The summed E-state index contributed by atoms with van der Waals surface area (Å²) in [5.74, 6) is -0.681. The number of rotatable bonds is 5. The number of carbonyl (C=O) groups is 1. The maximum Gasteiger partial charge on any atom is 0.335 e. The van der Waals surface area contributed by atoms with E-state index < -0.39 is 15.8 Å². The molecule has 3 rings (SSSR count). The molecule has 0 radical (unpaired) electrons. The van der Waals surface area contributed by atoms with E-state index >= 15 is 0 Å². The van der Waals surface area contributed by atoms with Crippen molar-refractivity contribution in [3.05, 3.63) is 59.8 Å². The third-order valence-corrected chi connectivity index (χ3v) is 5.56. The fourth-order valence-electron chi connectivity index (χ4n) is 2.46. The van der Waals surface area contributed by atoms with Crippen LogP contribution >= 0.6 is 0 Å². The zero-order valence-corrected chi connectivity index (χ0v) is 14.8. The van der Waals surface area contributed by atoms with Gasteiger partial charge in [0.15, 0.2) is 0 Å². The molecule has 8 nitrogen and oxygen atoms in total. The van der Waals surface area contributed by atoms with Crippen molar-refractivity contribution >= 4 is 15.8 Å². The molecule has 1 N–H and O–H groups in total. The number of ether oxygens (including phenoxy) is 1. The van der Waals surface area contributed by atoms with E-state index in [-0.39, 0.29) is 21.2 Å². The van der Waals surface area contributed by atoms with Gasteiger partial charge in [-0.15, -0.1) is 5.10 Å². The molecule has 1 heterocycles. The molecule has 0 unspecified atom stereocenters. The van der Waals surface area contributed by atoms with Crippen LogP contribution in [0.1, 0.15) is 16.1 Å². The molecule has 2 aromatic carbocycles. The molecule has 9 heteroatoms. The van der Waals surface area contributed by atoms with Gasteiger partial charge in [-0.05, 0) is 43.3 Å². The van der Waals surface area contributed by atoms with E-state index in [2.05, 4.69) is 10.3 Å². The molecule has 0 aliphatic heterocycles. The number of sulfone groups is 1. The van der Waals surface area contributed by atoms with Crippen molar-refractivity contribution in [2.45, 2.75) is 16.8 Å². The Morgan fingerprint density at radius 3 is 2.58 bits per heavy atom. The van der Waals surface area contributed by atoms with E-state index in [9.17, 15) is 13.2 Å². The van der Waals surface area contributed by atoms with Gasteiger partial charge in [-0.2, -0.15) is 0 Å². The fourth-order valence-corrected chi connectivity index (χ4v) is 3.83. The van der Waals surface area contributed by atoms with Crippen LogP contribution in [0.15, 0.2) is 58.5 Å². The van der Waals surface area contributed by atoms with Gasteiger partial charge in [0.05, 0.1) is 29.0 Å². The first-order valence-corrected chi connectivity index (χ1v) is 8.98. The van der Waals surface area contributed by atoms with Crippen LogP contribution in [-0.2, 0) is 9.84 Å². The first-order valence-electron chi connectivity index (χ1n) is 7.50. The maximum atomic E-state index is 12.9. The Morgan fingerprint density at radius 2 is 1.88 bits per heavy atom. The lowest BCUT2D eigenvalue weighted by Crippen LogP contribution is -2.06. The van der Waals surface area contributed by atoms with Crippen LogP contribution in [0, 0.1) is 6.92 Å².